The number of benzene rings is 13. The van der Waals surface area contributed by atoms with Gasteiger partial charge in [0.2, 0.25) is 0 Å². The van der Waals surface area contributed by atoms with Crippen LogP contribution in [0.5, 0.6) is 0 Å². The molecule has 0 atom stereocenters. The second kappa shape index (κ2) is 14.0. The molecule has 0 radical (unpaired) electrons. The van der Waals surface area contributed by atoms with Crippen molar-refractivity contribution in [3.63, 3.8) is 0 Å². The van der Waals surface area contributed by atoms with E-state index in [0.29, 0.717) is 0 Å². The van der Waals surface area contributed by atoms with E-state index in [0.717, 1.165) is 34.8 Å². The van der Waals surface area contributed by atoms with Crippen molar-refractivity contribution in [1.29, 1.82) is 0 Å². The van der Waals surface area contributed by atoms with Crippen LogP contribution in [0.3, 0.4) is 0 Å². The molecule has 0 saturated carbocycles. The molecular formula is C66H40O. The molecule has 0 amide bonds. The third kappa shape index (κ3) is 5.26. The molecule has 1 aromatic heterocycles. The van der Waals surface area contributed by atoms with Gasteiger partial charge in [-0.05, 0) is 156 Å². The number of hydrogen-bond acceptors (Lipinski definition) is 1. The van der Waals surface area contributed by atoms with Crippen molar-refractivity contribution in [2.24, 2.45) is 0 Å². The fourth-order valence-corrected chi connectivity index (χ4v) is 12.1. The highest BCUT2D eigenvalue weighted by Crippen LogP contribution is 2.48. The number of hydrogen-bond donors (Lipinski definition) is 0. The van der Waals surface area contributed by atoms with Crippen LogP contribution in [0.15, 0.2) is 223 Å². The molecule has 67 heavy (non-hydrogen) atoms. The Hall–Kier alpha value is -8.52. The van der Waals surface area contributed by atoms with Gasteiger partial charge in [-0.25, -0.2) is 0 Å². The quantitative estimate of drug-likeness (QED) is 0.127. The van der Waals surface area contributed by atoms with E-state index in [1.54, 1.807) is 0 Å². The molecule has 0 N–H and O–H groups in total. The van der Waals surface area contributed by atoms with Gasteiger partial charge in [0.05, 0.1) is 0 Å². The number of furan rings is 1. The number of allylic oxidation sites excluding steroid dienone is 4. The Balaban J connectivity index is 0.895. The van der Waals surface area contributed by atoms with Gasteiger partial charge in [0.1, 0.15) is 11.2 Å². The molecular weight excluding hydrogens is 809 g/mol. The summed E-state index contributed by atoms with van der Waals surface area (Å²) in [6.45, 7) is 0. The molecule has 13 aromatic carbocycles. The van der Waals surface area contributed by atoms with E-state index < -0.39 is 0 Å². The molecule has 1 nitrogen and oxygen atoms in total. The van der Waals surface area contributed by atoms with Gasteiger partial charge >= 0.3 is 0 Å². The Kier molecular flexibility index (Phi) is 7.68. The lowest BCUT2D eigenvalue weighted by atomic mass is 9.84. The van der Waals surface area contributed by atoms with Crippen LogP contribution >= 0.6 is 0 Å². The van der Waals surface area contributed by atoms with E-state index >= 15 is 0 Å². The summed E-state index contributed by atoms with van der Waals surface area (Å²) in [6, 6.07) is 74.8. The molecule has 0 spiro atoms. The lowest BCUT2D eigenvalue weighted by Gasteiger charge is -2.19. The fraction of sp³-hybridized carbons (Fsp3) is 0.0303. The lowest BCUT2D eigenvalue weighted by Crippen LogP contribution is -1.92. The number of fused-ring (bicyclic) bond motifs is 12. The second-order valence-electron chi connectivity index (χ2n) is 18.5. The number of rotatable bonds is 4. The molecule has 1 aliphatic rings. The van der Waals surface area contributed by atoms with Gasteiger partial charge in [-0.1, -0.05) is 200 Å². The molecule has 310 valence electrons. The Labute approximate surface area is 386 Å². The maximum absolute atomic E-state index is 6.65. The Morgan fingerprint density at radius 3 is 1.49 bits per heavy atom. The molecule has 1 heterocycles. The molecule has 14 aromatic rings. The summed E-state index contributed by atoms with van der Waals surface area (Å²) in [5, 5.41) is 22.5. The van der Waals surface area contributed by atoms with Crippen molar-refractivity contribution < 1.29 is 4.42 Å². The van der Waals surface area contributed by atoms with E-state index in [2.05, 4.69) is 218 Å². The van der Waals surface area contributed by atoms with E-state index in [1.807, 2.05) is 0 Å². The van der Waals surface area contributed by atoms with Crippen molar-refractivity contribution in [3.05, 3.63) is 224 Å². The van der Waals surface area contributed by atoms with Crippen molar-refractivity contribution in [3.8, 4) is 33.4 Å². The number of para-hydroxylation sites is 1. The summed E-state index contributed by atoms with van der Waals surface area (Å²) in [7, 11) is 0. The molecule has 0 aliphatic heterocycles. The average Bonchev–Trinajstić information content (AvgIpc) is 3.78. The van der Waals surface area contributed by atoms with Crippen LogP contribution in [0.25, 0.3) is 147 Å². The zero-order chi connectivity index (χ0) is 43.7. The van der Waals surface area contributed by atoms with Crippen molar-refractivity contribution in [1.82, 2.24) is 0 Å². The maximum Gasteiger partial charge on any atom is 0.143 e. The molecule has 0 bridgehead atoms. The molecule has 0 fully saturated rings. The second-order valence-corrected chi connectivity index (χ2v) is 18.5. The summed E-state index contributed by atoms with van der Waals surface area (Å²) in [4.78, 5) is 0. The monoisotopic (exact) mass is 848 g/mol. The molecule has 1 aliphatic carbocycles. The van der Waals surface area contributed by atoms with Crippen LogP contribution in [0.4, 0.5) is 0 Å². The molecule has 1 heteroatoms. The van der Waals surface area contributed by atoms with Crippen LogP contribution < -0.4 is 0 Å². The van der Waals surface area contributed by atoms with E-state index in [4.69, 9.17) is 4.42 Å². The first-order valence-corrected chi connectivity index (χ1v) is 23.6. The first kappa shape index (κ1) is 36.8. The van der Waals surface area contributed by atoms with E-state index in [9.17, 15) is 0 Å². The highest BCUT2D eigenvalue weighted by molar-refractivity contribution is 6.33. The van der Waals surface area contributed by atoms with Crippen LogP contribution in [0.1, 0.15) is 18.4 Å². The molecule has 0 saturated heterocycles. The van der Waals surface area contributed by atoms with Crippen LogP contribution in [0.2, 0.25) is 0 Å². The smallest absolute Gasteiger partial charge is 0.143 e. The summed E-state index contributed by atoms with van der Waals surface area (Å²) < 4.78 is 6.65. The highest BCUT2D eigenvalue weighted by Gasteiger charge is 2.21. The van der Waals surface area contributed by atoms with Gasteiger partial charge in [-0.2, -0.15) is 0 Å². The third-order valence-electron chi connectivity index (χ3n) is 15.0. The zero-order valence-corrected chi connectivity index (χ0v) is 36.6. The first-order chi connectivity index (χ1) is 33.2. The van der Waals surface area contributed by atoms with Crippen molar-refractivity contribution in [2.45, 2.75) is 12.8 Å². The Morgan fingerprint density at radius 1 is 0.313 bits per heavy atom. The lowest BCUT2D eigenvalue weighted by molar-refractivity contribution is 0.673. The topological polar surface area (TPSA) is 13.1 Å². The molecule has 0 unspecified atom stereocenters. The summed E-state index contributed by atoms with van der Waals surface area (Å²) >= 11 is 0. The molecule has 15 rings (SSSR count). The van der Waals surface area contributed by atoms with Crippen LogP contribution in [-0.4, -0.2) is 0 Å². The summed E-state index contributed by atoms with van der Waals surface area (Å²) in [5.74, 6) is 0. The highest BCUT2D eigenvalue weighted by atomic mass is 16.3. The minimum absolute atomic E-state index is 0.922. The largest absolute Gasteiger partial charge is 0.455 e. The van der Waals surface area contributed by atoms with Crippen LogP contribution in [-0.2, 0) is 0 Å². The van der Waals surface area contributed by atoms with Gasteiger partial charge in [-0.3, -0.25) is 0 Å². The fourth-order valence-electron chi connectivity index (χ4n) is 12.1. The van der Waals surface area contributed by atoms with Gasteiger partial charge in [0.25, 0.3) is 0 Å². The van der Waals surface area contributed by atoms with Crippen molar-refractivity contribution >= 4 is 114 Å². The summed E-state index contributed by atoms with van der Waals surface area (Å²) in [5.41, 5.74) is 12.0. The minimum Gasteiger partial charge on any atom is -0.455 e. The Bertz CT molecular complexity index is 4400. The van der Waals surface area contributed by atoms with Gasteiger partial charge in [0, 0.05) is 16.2 Å². The standard InChI is InChI=1S/C66H40O/c1-2-12-39(13-3-1)45-31-26-42-29-35-56-46(32-27-43-28-34-55(45)63(42)64(43)56)40-22-24-41(25-23-40)61-51-17-6-8-19-53(51)62(54-20-9-7-18-52(54)61)44-30-33-48-57-36-37-58-49-15-10-11-21-60(49)67-66(58)65(57)50-16-5-4-14-47(50)59(48)38-44/h2,4-38H,1,3H2. The van der Waals surface area contributed by atoms with Gasteiger partial charge in [-0.15, -0.1) is 0 Å². The summed E-state index contributed by atoms with van der Waals surface area (Å²) in [6.07, 6.45) is 9.21. The predicted molar refractivity (Wildman–Crippen MR) is 288 cm³/mol. The van der Waals surface area contributed by atoms with Crippen LogP contribution in [0, 0.1) is 0 Å². The predicted octanol–water partition coefficient (Wildman–Crippen LogP) is 19.0. The first-order valence-electron chi connectivity index (χ1n) is 23.6. The maximum atomic E-state index is 6.65. The van der Waals surface area contributed by atoms with E-state index in [1.165, 1.54) is 131 Å². The SMILES string of the molecule is C1=CC(c2ccc3ccc4c(-c5ccc(-c6c7ccccc7c(-c7ccc8c(c7)c7ccccc7c7c8ccc8c9ccccc9oc87)c7ccccc67)cc5)ccc5ccc2c3c54)=CCC1. The Morgan fingerprint density at radius 2 is 0.806 bits per heavy atom. The van der Waals surface area contributed by atoms with Gasteiger partial charge < -0.3 is 4.42 Å². The van der Waals surface area contributed by atoms with E-state index in [-0.39, 0.29) is 0 Å². The third-order valence-corrected chi connectivity index (χ3v) is 15.0. The van der Waals surface area contributed by atoms with Gasteiger partial charge in [0.15, 0.2) is 0 Å². The average molecular weight is 849 g/mol. The zero-order valence-electron chi connectivity index (χ0n) is 36.6. The van der Waals surface area contributed by atoms with Crippen molar-refractivity contribution in [2.75, 3.05) is 0 Å². The normalized spacial score (nSPS) is 13.3. The minimum atomic E-state index is 0.922.